The Morgan fingerprint density at radius 2 is 2.00 bits per heavy atom. The molecule has 1 rings (SSSR count). The minimum Gasteiger partial charge on any atom is -0.444 e. The van der Waals surface area contributed by atoms with Gasteiger partial charge >= 0.3 is 6.09 Å². The van der Waals surface area contributed by atoms with Gasteiger partial charge < -0.3 is 10.5 Å². The van der Waals surface area contributed by atoms with Gasteiger partial charge in [0.05, 0.1) is 0 Å². The Hall–Kier alpha value is -1.55. The zero-order valence-corrected chi connectivity index (χ0v) is 11.7. The number of benzene rings is 1. The highest BCUT2D eigenvalue weighted by molar-refractivity contribution is 5.85. The summed E-state index contributed by atoms with van der Waals surface area (Å²) in [5.74, 6) is 0. The number of amides is 1. The zero-order chi connectivity index (χ0) is 13.9. The van der Waals surface area contributed by atoms with E-state index in [4.69, 9.17) is 10.5 Å². The van der Waals surface area contributed by atoms with E-state index in [2.05, 4.69) is 5.32 Å². The molecule has 4 nitrogen and oxygen atoms in total. The van der Waals surface area contributed by atoms with Gasteiger partial charge in [0.25, 0.3) is 0 Å². The third-order valence-electron chi connectivity index (χ3n) is 2.41. The molecule has 4 heteroatoms. The van der Waals surface area contributed by atoms with Crippen LogP contribution in [0.2, 0.25) is 0 Å². The number of hydrogen-bond donors (Lipinski definition) is 2. The molecule has 0 saturated carbocycles. The summed E-state index contributed by atoms with van der Waals surface area (Å²) in [5, 5.41) is 2.73. The average Bonchev–Trinajstić information content (AvgIpc) is 2.17. The predicted octanol–water partition coefficient (Wildman–Crippen LogP) is 3.36. The maximum Gasteiger partial charge on any atom is 0.412 e. The first-order valence-electron chi connectivity index (χ1n) is 6.05. The normalized spacial score (nSPS) is 13.0. The van der Waals surface area contributed by atoms with Crippen molar-refractivity contribution in [2.24, 2.45) is 5.73 Å². The number of carbonyl (C=O) groups excluding carboxylic acids is 1. The van der Waals surface area contributed by atoms with Crippen LogP contribution in [0.3, 0.4) is 0 Å². The smallest absolute Gasteiger partial charge is 0.412 e. The fourth-order valence-corrected chi connectivity index (χ4v) is 1.52. The Kier molecular flexibility index (Phi) is 4.35. The van der Waals surface area contributed by atoms with Gasteiger partial charge in [-0.05, 0) is 51.8 Å². The van der Waals surface area contributed by atoms with Crippen molar-refractivity contribution < 1.29 is 9.53 Å². The van der Waals surface area contributed by atoms with Gasteiger partial charge in [0.15, 0.2) is 0 Å². The summed E-state index contributed by atoms with van der Waals surface area (Å²) in [6, 6.07) is 5.71. The molecule has 0 aliphatic carbocycles. The van der Waals surface area contributed by atoms with Crippen molar-refractivity contribution in [2.75, 3.05) is 5.32 Å². The van der Waals surface area contributed by atoms with E-state index >= 15 is 0 Å². The molecular formula is C14H22N2O2. The van der Waals surface area contributed by atoms with Crippen molar-refractivity contribution in [3.63, 3.8) is 0 Å². The van der Waals surface area contributed by atoms with E-state index < -0.39 is 11.7 Å². The minimum absolute atomic E-state index is 0.0146. The molecule has 0 aromatic heterocycles. The minimum atomic E-state index is -0.496. The third-order valence-corrected chi connectivity index (χ3v) is 2.41. The summed E-state index contributed by atoms with van der Waals surface area (Å²) in [4.78, 5) is 11.6. The van der Waals surface area contributed by atoms with E-state index in [0.717, 1.165) is 16.8 Å². The van der Waals surface area contributed by atoms with Gasteiger partial charge in [-0.25, -0.2) is 4.79 Å². The van der Waals surface area contributed by atoms with Crippen molar-refractivity contribution >= 4 is 11.8 Å². The molecule has 0 radical (unpaired) electrons. The highest BCUT2D eigenvalue weighted by Gasteiger charge is 2.16. The highest BCUT2D eigenvalue weighted by atomic mass is 16.6. The van der Waals surface area contributed by atoms with Crippen LogP contribution in [-0.4, -0.2) is 11.7 Å². The van der Waals surface area contributed by atoms with Crippen molar-refractivity contribution in [1.82, 2.24) is 0 Å². The number of carbonyl (C=O) groups is 1. The summed E-state index contributed by atoms with van der Waals surface area (Å²) in [6.45, 7) is 9.35. The van der Waals surface area contributed by atoms with Crippen molar-refractivity contribution in [3.8, 4) is 0 Å². The quantitative estimate of drug-likeness (QED) is 0.845. The lowest BCUT2D eigenvalue weighted by Crippen LogP contribution is -2.27. The van der Waals surface area contributed by atoms with Crippen molar-refractivity contribution in [1.29, 1.82) is 0 Å². The lowest BCUT2D eigenvalue weighted by Gasteiger charge is -2.20. The van der Waals surface area contributed by atoms with Crippen LogP contribution in [0, 0.1) is 6.92 Å². The van der Waals surface area contributed by atoms with E-state index in [1.165, 1.54) is 0 Å². The van der Waals surface area contributed by atoms with E-state index in [0.29, 0.717) is 0 Å². The van der Waals surface area contributed by atoms with Crippen LogP contribution in [0.4, 0.5) is 10.5 Å². The number of nitrogens with two attached hydrogens (primary N) is 1. The molecule has 0 aliphatic heterocycles. The van der Waals surface area contributed by atoms with Crippen molar-refractivity contribution in [2.45, 2.75) is 46.3 Å². The second-order valence-corrected chi connectivity index (χ2v) is 5.49. The molecule has 0 saturated heterocycles. The van der Waals surface area contributed by atoms with Crippen LogP contribution < -0.4 is 11.1 Å². The van der Waals surface area contributed by atoms with Gasteiger partial charge in [-0.15, -0.1) is 0 Å². The van der Waals surface area contributed by atoms with Crippen LogP contribution >= 0.6 is 0 Å². The first-order valence-corrected chi connectivity index (χ1v) is 6.05. The molecule has 1 aromatic carbocycles. The number of rotatable bonds is 2. The van der Waals surface area contributed by atoms with Crippen LogP contribution in [-0.2, 0) is 4.74 Å². The number of ether oxygens (including phenoxy) is 1. The number of anilines is 1. The van der Waals surface area contributed by atoms with Gasteiger partial charge in [0.2, 0.25) is 0 Å². The van der Waals surface area contributed by atoms with E-state index in [1.807, 2.05) is 52.8 Å². The van der Waals surface area contributed by atoms with Gasteiger partial charge in [0, 0.05) is 11.7 Å². The van der Waals surface area contributed by atoms with Gasteiger partial charge in [-0.3, -0.25) is 5.32 Å². The molecule has 3 N–H and O–H groups in total. The average molecular weight is 250 g/mol. The summed E-state index contributed by atoms with van der Waals surface area (Å²) in [7, 11) is 0. The van der Waals surface area contributed by atoms with E-state index in [-0.39, 0.29) is 6.04 Å². The Morgan fingerprint density at radius 1 is 1.39 bits per heavy atom. The van der Waals surface area contributed by atoms with Crippen LogP contribution in [0.25, 0.3) is 0 Å². The molecular weight excluding hydrogens is 228 g/mol. The van der Waals surface area contributed by atoms with Crippen LogP contribution in [0.1, 0.15) is 44.9 Å². The summed E-state index contributed by atoms with van der Waals surface area (Å²) >= 11 is 0. The summed E-state index contributed by atoms with van der Waals surface area (Å²) in [5.41, 5.74) is 8.06. The SMILES string of the molecule is Cc1cc(C(C)N)ccc1NC(=O)OC(C)(C)C. The molecule has 0 heterocycles. The molecule has 1 aromatic rings. The molecule has 0 aliphatic rings. The fraction of sp³-hybridized carbons (Fsp3) is 0.500. The fourth-order valence-electron chi connectivity index (χ4n) is 1.52. The Labute approximate surface area is 109 Å². The first kappa shape index (κ1) is 14.5. The molecule has 0 fully saturated rings. The van der Waals surface area contributed by atoms with E-state index in [9.17, 15) is 4.79 Å². The van der Waals surface area contributed by atoms with Crippen molar-refractivity contribution in [3.05, 3.63) is 29.3 Å². The predicted molar refractivity (Wildman–Crippen MR) is 73.6 cm³/mol. The van der Waals surface area contributed by atoms with E-state index in [1.54, 1.807) is 0 Å². The Morgan fingerprint density at radius 3 is 2.44 bits per heavy atom. The van der Waals surface area contributed by atoms with Crippen LogP contribution in [0.15, 0.2) is 18.2 Å². The van der Waals surface area contributed by atoms with Crippen LogP contribution in [0.5, 0.6) is 0 Å². The highest BCUT2D eigenvalue weighted by Crippen LogP contribution is 2.20. The van der Waals surface area contributed by atoms with Gasteiger partial charge in [-0.2, -0.15) is 0 Å². The second kappa shape index (κ2) is 5.40. The lowest BCUT2D eigenvalue weighted by atomic mass is 10.1. The van der Waals surface area contributed by atoms with Gasteiger partial charge in [0.1, 0.15) is 5.60 Å². The summed E-state index contributed by atoms with van der Waals surface area (Å²) < 4.78 is 5.20. The molecule has 1 amide bonds. The zero-order valence-electron chi connectivity index (χ0n) is 11.7. The number of nitrogens with one attached hydrogen (secondary N) is 1. The third kappa shape index (κ3) is 4.37. The molecule has 18 heavy (non-hydrogen) atoms. The molecule has 1 atom stereocenters. The summed E-state index contributed by atoms with van der Waals surface area (Å²) in [6.07, 6.45) is -0.445. The topological polar surface area (TPSA) is 64.3 Å². The maximum atomic E-state index is 11.6. The Balaban J connectivity index is 2.77. The molecule has 0 bridgehead atoms. The molecule has 100 valence electrons. The standard InChI is InChI=1S/C14H22N2O2/c1-9-8-11(10(2)15)6-7-12(9)16-13(17)18-14(3,4)5/h6-8,10H,15H2,1-5H3,(H,16,17). The Bertz CT molecular complexity index is 434. The number of aryl methyl sites for hydroxylation is 1. The monoisotopic (exact) mass is 250 g/mol. The number of hydrogen-bond acceptors (Lipinski definition) is 3. The molecule has 0 spiro atoms. The second-order valence-electron chi connectivity index (χ2n) is 5.49. The molecule has 1 unspecified atom stereocenters. The first-order chi connectivity index (χ1) is 8.19. The maximum absolute atomic E-state index is 11.6. The van der Waals surface area contributed by atoms with Gasteiger partial charge in [-0.1, -0.05) is 12.1 Å². The largest absolute Gasteiger partial charge is 0.444 e. The lowest BCUT2D eigenvalue weighted by molar-refractivity contribution is 0.0636.